The molecule has 0 spiro atoms. The van der Waals surface area contributed by atoms with Crippen molar-refractivity contribution in [2.45, 2.75) is 20.0 Å². The quantitative estimate of drug-likeness (QED) is 0.880. The van der Waals surface area contributed by atoms with E-state index < -0.39 is 12.0 Å². The van der Waals surface area contributed by atoms with Crippen LogP contribution < -0.4 is 5.32 Å². The molecule has 0 aliphatic rings. The second kappa shape index (κ2) is 5.63. The standard InChI is InChI=1S/C14H15N3O3/c1-9(18)8-16-13(19)12-10(2)20-14(11(12)7-15)17-5-3-4-6-17/h3-6,9,18H,8H2,1-2H3,(H,16,19). The van der Waals surface area contributed by atoms with Gasteiger partial charge in [0.25, 0.3) is 5.91 Å². The fraction of sp³-hybridized carbons (Fsp3) is 0.286. The van der Waals surface area contributed by atoms with Crippen LogP contribution in [-0.4, -0.2) is 28.2 Å². The van der Waals surface area contributed by atoms with Crippen molar-refractivity contribution in [2.24, 2.45) is 0 Å². The number of nitriles is 1. The molecule has 2 N–H and O–H groups in total. The van der Waals surface area contributed by atoms with Crippen molar-refractivity contribution in [1.29, 1.82) is 5.26 Å². The molecule has 2 heterocycles. The minimum atomic E-state index is -0.652. The third-order valence-electron chi connectivity index (χ3n) is 2.80. The highest BCUT2D eigenvalue weighted by atomic mass is 16.4. The number of aryl methyl sites for hydroxylation is 1. The van der Waals surface area contributed by atoms with Crippen molar-refractivity contribution < 1.29 is 14.3 Å². The van der Waals surface area contributed by atoms with Gasteiger partial charge in [0, 0.05) is 18.9 Å². The van der Waals surface area contributed by atoms with Crippen LogP contribution in [-0.2, 0) is 0 Å². The summed E-state index contributed by atoms with van der Waals surface area (Å²) in [6.45, 7) is 3.32. The first-order valence-corrected chi connectivity index (χ1v) is 6.17. The van der Waals surface area contributed by atoms with Crippen LogP contribution in [0.5, 0.6) is 0 Å². The van der Waals surface area contributed by atoms with E-state index in [4.69, 9.17) is 4.42 Å². The Morgan fingerprint density at radius 3 is 2.75 bits per heavy atom. The molecule has 0 fully saturated rings. The lowest BCUT2D eigenvalue weighted by Crippen LogP contribution is -2.31. The predicted molar refractivity (Wildman–Crippen MR) is 71.5 cm³/mol. The molecule has 1 unspecified atom stereocenters. The van der Waals surface area contributed by atoms with Gasteiger partial charge < -0.3 is 14.8 Å². The molecular formula is C14H15N3O3. The molecule has 6 heteroatoms. The van der Waals surface area contributed by atoms with Crippen LogP contribution in [0.1, 0.15) is 28.6 Å². The molecule has 2 rings (SSSR count). The van der Waals surface area contributed by atoms with E-state index in [1.807, 2.05) is 6.07 Å². The van der Waals surface area contributed by atoms with Crippen molar-refractivity contribution in [3.05, 3.63) is 41.4 Å². The van der Waals surface area contributed by atoms with Crippen LogP contribution in [0.4, 0.5) is 0 Å². The van der Waals surface area contributed by atoms with Crippen LogP contribution in [0.3, 0.4) is 0 Å². The maximum Gasteiger partial charge on any atom is 0.256 e. The largest absolute Gasteiger partial charge is 0.443 e. The van der Waals surface area contributed by atoms with Crippen molar-refractivity contribution in [1.82, 2.24) is 9.88 Å². The topological polar surface area (TPSA) is 91.2 Å². The number of hydrogen-bond acceptors (Lipinski definition) is 4. The second-order valence-corrected chi connectivity index (χ2v) is 4.47. The molecule has 0 aromatic carbocycles. The highest BCUT2D eigenvalue weighted by Gasteiger charge is 2.24. The first-order chi connectivity index (χ1) is 9.54. The fourth-order valence-corrected chi connectivity index (χ4v) is 1.89. The normalized spacial score (nSPS) is 11.9. The lowest BCUT2D eigenvalue weighted by atomic mass is 10.1. The highest BCUT2D eigenvalue weighted by molar-refractivity contribution is 5.98. The summed E-state index contributed by atoms with van der Waals surface area (Å²) in [5, 5.41) is 21.0. The number of carbonyl (C=O) groups excluding carboxylic acids is 1. The van der Waals surface area contributed by atoms with Gasteiger partial charge in [0.05, 0.1) is 6.10 Å². The number of rotatable bonds is 4. The molecule has 0 aliphatic heterocycles. The van der Waals surface area contributed by atoms with E-state index in [0.717, 1.165) is 0 Å². The summed E-state index contributed by atoms with van der Waals surface area (Å²) in [6, 6.07) is 5.60. The van der Waals surface area contributed by atoms with E-state index in [0.29, 0.717) is 11.6 Å². The number of nitrogens with zero attached hydrogens (tertiary/aromatic N) is 2. The number of aliphatic hydroxyl groups is 1. The summed E-state index contributed by atoms with van der Waals surface area (Å²) in [4.78, 5) is 12.1. The molecule has 104 valence electrons. The lowest BCUT2D eigenvalue weighted by Gasteiger charge is -2.06. The predicted octanol–water partition coefficient (Wildman–Crippen LogP) is 1.36. The zero-order valence-electron chi connectivity index (χ0n) is 11.3. The van der Waals surface area contributed by atoms with E-state index in [-0.39, 0.29) is 17.7 Å². The van der Waals surface area contributed by atoms with Gasteiger partial charge in [-0.2, -0.15) is 5.26 Å². The van der Waals surface area contributed by atoms with Gasteiger partial charge in [-0.1, -0.05) is 0 Å². The number of amides is 1. The molecule has 20 heavy (non-hydrogen) atoms. The number of carbonyl (C=O) groups is 1. The minimum absolute atomic E-state index is 0.118. The van der Waals surface area contributed by atoms with Crippen LogP contribution in [0.2, 0.25) is 0 Å². The Labute approximate surface area is 116 Å². The maximum absolute atomic E-state index is 12.1. The average molecular weight is 273 g/mol. The van der Waals surface area contributed by atoms with Gasteiger partial charge in [-0.3, -0.25) is 9.36 Å². The van der Waals surface area contributed by atoms with Crippen LogP contribution in [0.25, 0.3) is 5.88 Å². The molecule has 0 bridgehead atoms. The number of furan rings is 1. The smallest absolute Gasteiger partial charge is 0.256 e. The summed E-state index contributed by atoms with van der Waals surface area (Å²) in [7, 11) is 0. The van der Waals surface area contributed by atoms with Crippen molar-refractivity contribution in [2.75, 3.05) is 6.54 Å². The minimum Gasteiger partial charge on any atom is -0.443 e. The summed E-state index contributed by atoms with van der Waals surface area (Å²) in [5.74, 6) is 0.257. The van der Waals surface area contributed by atoms with E-state index in [2.05, 4.69) is 5.32 Å². The number of aliphatic hydroxyl groups excluding tert-OH is 1. The Kier molecular flexibility index (Phi) is 3.91. The first kappa shape index (κ1) is 13.9. The third-order valence-corrected chi connectivity index (χ3v) is 2.80. The summed E-state index contributed by atoms with van der Waals surface area (Å²) >= 11 is 0. The second-order valence-electron chi connectivity index (χ2n) is 4.47. The van der Waals surface area contributed by atoms with Crippen LogP contribution >= 0.6 is 0 Å². The Balaban J connectivity index is 2.39. The Hall–Kier alpha value is -2.52. The molecule has 6 nitrogen and oxygen atoms in total. The van der Waals surface area contributed by atoms with Gasteiger partial charge in [-0.15, -0.1) is 0 Å². The van der Waals surface area contributed by atoms with E-state index >= 15 is 0 Å². The number of nitrogens with one attached hydrogen (secondary N) is 1. The monoisotopic (exact) mass is 273 g/mol. The van der Waals surface area contributed by atoms with Crippen molar-refractivity contribution >= 4 is 5.91 Å². The van der Waals surface area contributed by atoms with Gasteiger partial charge in [-0.25, -0.2) is 0 Å². The van der Waals surface area contributed by atoms with Gasteiger partial charge in [0.2, 0.25) is 5.88 Å². The average Bonchev–Trinajstić information content (AvgIpc) is 3.02. The Bertz CT molecular complexity index is 648. The van der Waals surface area contributed by atoms with Gasteiger partial charge in [0.15, 0.2) is 0 Å². The maximum atomic E-state index is 12.1. The van der Waals surface area contributed by atoms with E-state index in [1.54, 1.807) is 42.9 Å². The summed E-state index contributed by atoms with van der Waals surface area (Å²) in [5.41, 5.74) is 0.388. The fourth-order valence-electron chi connectivity index (χ4n) is 1.89. The number of hydrogen-bond donors (Lipinski definition) is 2. The highest BCUT2D eigenvalue weighted by Crippen LogP contribution is 2.25. The molecular weight excluding hydrogens is 258 g/mol. The Morgan fingerprint density at radius 1 is 1.55 bits per heavy atom. The van der Waals surface area contributed by atoms with Gasteiger partial charge in [0.1, 0.15) is 23.0 Å². The summed E-state index contributed by atoms with van der Waals surface area (Å²) < 4.78 is 7.16. The van der Waals surface area contributed by atoms with Gasteiger partial charge in [-0.05, 0) is 26.0 Å². The molecule has 0 saturated heterocycles. The van der Waals surface area contributed by atoms with Gasteiger partial charge >= 0.3 is 0 Å². The third kappa shape index (κ3) is 2.58. The number of aromatic nitrogens is 1. The SMILES string of the molecule is Cc1oc(-n2cccc2)c(C#N)c1C(=O)NCC(C)O. The molecule has 0 radical (unpaired) electrons. The van der Waals surface area contributed by atoms with Crippen LogP contribution in [0.15, 0.2) is 28.9 Å². The molecule has 0 saturated carbocycles. The summed E-state index contributed by atoms with van der Waals surface area (Å²) in [6.07, 6.45) is 2.81. The Morgan fingerprint density at radius 2 is 2.20 bits per heavy atom. The van der Waals surface area contributed by atoms with Crippen LogP contribution in [0, 0.1) is 18.3 Å². The van der Waals surface area contributed by atoms with Crippen molar-refractivity contribution in [3.8, 4) is 12.0 Å². The molecule has 1 amide bonds. The van der Waals surface area contributed by atoms with E-state index in [9.17, 15) is 15.2 Å². The van der Waals surface area contributed by atoms with Crippen molar-refractivity contribution in [3.63, 3.8) is 0 Å². The molecule has 1 atom stereocenters. The van der Waals surface area contributed by atoms with E-state index in [1.165, 1.54) is 0 Å². The molecule has 0 aliphatic carbocycles. The molecule has 2 aromatic rings. The zero-order valence-corrected chi connectivity index (χ0v) is 11.3. The molecule has 2 aromatic heterocycles. The first-order valence-electron chi connectivity index (χ1n) is 6.17. The lowest BCUT2D eigenvalue weighted by molar-refractivity contribution is 0.0922. The zero-order chi connectivity index (χ0) is 14.7.